The lowest BCUT2D eigenvalue weighted by atomic mass is 10.1. The zero-order chi connectivity index (χ0) is 17.2. The number of aromatic hydroxyl groups is 1. The molecule has 0 spiro atoms. The van der Waals surface area contributed by atoms with Gasteiger partial charge in [-0.15, -0.1) is 0 Å². The molecule has 128 valence electrons. The predicted molar refractivity (Wildman–Crippen MR) is 105 cm³/mol. The van der Waals surface area contributed by atoms with E-state index in [4.69, 9.17) is 11.6 Å². The first-order valence-electron chi connectivity index (χ1n) is 8.60. The van der Waals surface area contributed by atoms with E-state index in [-0.39, 0.29) is 5.88 Å². The van der Waals surface area contributed by atoms with Crippen LogP contribution in [0.25, 0.3) is 10.9 Å². The normalized spacial score (nSPS) is 15.3. The Bertz CT molecular complexity index is 909. The van der Waals surface area contributed by atoms with Gasteiger partial charge in [-0.1, -0.05) is 17.7 Å². The van der Waals surface area contributed by atoms with Crippen molar-refractivity contribution in [1.82, 2.24) is 4.98 Å². The number of halogens is 1. The molecular weight excluding hydrogens is 334 g/mol. The van der Waals surface area contributed by atoms with E-state index in [1.165, 1.54) is 24.9 Å². The first-order valence-corrected chi connectivity index (χ1v) is 8.98. The molecule has 2 N–H and O–H groups in total. The van der Waals surface area contributed by atoms with E-state index < -0.39 is 0 Å². The third-order valence-electron chi connectivity index (χ3n) is 4.69. The first-order chi connectivity index (χ1) is 12.2. The van der Waals surface area contributed by atoms with Gasteiger partial charge in [0.1, 0.15) is 0 Å². The highest BCUT2D eigenvalue weighted by atomic mass is 35.5. The van der Waals surface area contributed by atoms with Crippen molar-refractivity contribution in [3.8, 4) is 5.88 Å². The van der Waals surface area contributed by atoms with Crippen molar-refractivity contribution in [2.24, 2.45) is 4.99 Å². The first kappa shape index (κ1) is 16.0. The van der Waals surface area contributed by atoms with Crippen LogP contribution in [0.1, 0.15) is 24.8 Å². The van der Waals surface area contributed by atoms with Crippen molar-refractivity contribution < 1.29 is 5.11 Å². The van der Waals surface area contributed by atoms with Crippen LogP contribution in [-0.2, 0) is 0 Å². The van der Waals surface area contributed by atoms with Gasteiger partial charge in [-0.2, -0.15) is 0 Å². The van der Waals surface area contributed by atoms with Crippen molar-refractivity contribution in [2.75, 3.05) is 18.0 Å². The average Bonchev–Trinajstić information content (AvgIpc) is 2.95. The van der Waals surface area contributed by atoms with Crippen LogP contribution in [0, 0.1) is 0 Å². The molecule has 1 saturated heterocycles. The van der Waals surface area contributed by atoms with Crippen molar-refractivity contribution in [3.63, 3.8) is 0 Å². The van der Waals surface area contributed by atoms with Crippen LogP contribution < -0.4 is 4.90 Å². The molecule has 0 saturated carbocycles. The largest absolute Gasteiger partial charge is 0.494 e. The Morgan fingerprint density at radius 1 is 1.04 bits per heavy atom. The maximum atomic E-state index is 10.1. The lowest BCUT2D eigenvalue weighted by Crippen LogP contribution is -2.29. The number of benzene rings is 2. The molecule has 0 aliphatic carbocycles. The van der Waals surface area contributed by atoms with Crippen molar-refractivity contribution >= 4 is 40.1 Å². The molecule has 2 heterocycles. The second kappa shape index (κ2) is 6.81. The van der Waals surface area contributed by atoms with E-state index in [0.29, 0.717) is 10.6 Å². The Hall–Kier alpha value is -2.46. The Balaban J connectivity index is 1.56. The molecule has 3 aromatic rings. The molecule has 0 bridgehead atoms. The SMILES string of the molecule is Oc1[nH]c2cc(Cl)ccc2c1C=Nc1ccc(N2CCCCC2)cc1. The second-order valence-corrected chi connectivity index (χ2v) is 6.84. The number of nitrogens with zero attached hydrogens (tertiary/aromatic N) is 2. The number of piperidine rings is 1. The Morgan fingerprint density at radius 2 is 1.80 bits per heavy atom. The topological polar surface area (TPSA) is 51.6 Å². The molecular formula is C20H20ClN3O. The zero-order valence-electron chi connectivity index (χ0n) is 13.9. The number of aromatic nitrogens is 1. The fourth-order valence-corrected chi connectivity index (χ4v) is 3.52. The quantitative estimate of drug-likeness (QED) is 0.630. The summed E-state index contributed by atoms with van der Waals surface area (Å²) in [6, 6.07) is 13.8. The standard InChI is InChI=1S/C20H20ClN3O/c21-14-4-9-17-18(20(25)23-19(17)12-14)13-22-15-5-7-16(8-6-15)24-10-2-1-3-11-24/h4-9,12-13,23,25H,1-3,10-11H2. The van der Waals surface area contributed by atoms with Crippen LogP contribution in [0.5, 0.6) is 5.88 Å². The molecule has 1 aromatic heterocycles. The Labute approximate surface area is 151 Å². The Kier molecular flexibility index (Phi) is 4.36. The zero-order valence-corrected chi connectivity index (χ0v) is 14.6. The van der Waals surface area contributed by atoms with E-state index in [1.807, 2.05) is 24.3 Å². The maximum absolute atomic E-state index is 10.1. The smallest absolute Gasteiger partial charge is 0.198 e. The van der Waals surface area contributed by atoms with Gasteiger partial charge in [-0.3, -0.25) is 4.99 Å². The number of hydrogen-bond acceptors (Lipinski definition) is 3. The van der Waals surface area contributed by atoms with Crippen molar-refractivity contribution in [3.05, 3.63) is 53.1 Å². The predicted octanol–water partition coefficient (Wildman–Crippen LogP) is 5.27. The molecule has 1 fully saturated rings. The van der Waals surface area contributed by atoms with E-state index in [9.17, 15) is 5.11 Å². The fourth-order valence-electron chi connectivity index (χ4n) is 3.35. The second-order valence-electron chi connectivity index (χ2n) is 6.40. The van der Waals surface area contributed by atoms with Crippen LogP contribution >= 0.6 is 11.6 Å². The van der Waals surface area contributed by atoms with Crippen LogP contribution in [-0.4, -0.2) is 29.4 Å². The highest BCUT2D eigenvalue weighted by Gasteiger charge is 2.11. The van der Waals surface area contributed by atoms with Gasteiger partial charge in [-0.25, -0.2) is 0 Å². The number of H-pyrrole nitrogens is 1. The molecule has 0 unspecified atom stereocenters. The molecule has 1 aliphatic heterocycles. The van der Waals surface area contributed by atoms with Gasteiger partial charge in [0.15, 0.2) is 5.88 Å². The number of rotatable bonds is 3. The van der Waals surface area contributed by atoms with Gasteiger partial charge in [0.05, 0.1) is 16.8 Å². The van der Waals surface area contributed by atoms with Crippen LogP contribution in [0.3, 0.4) is 0 Å². The number of nitrogens with one attached hydrogen (secondary N) is 1. The number of hydrogen-bond donors (Lipinski definition) is 2. The summed E-state index contributed by atoms with van der Waals surface area (Å²) in [7, 11) is 0. The summed E-state index contributed by atoms with van der Waals surface area (Å²) < 4.78 is 0. The molecule has 1 aliphatic rings. The fraction of sp³-hybridized carbons (Fsp3) is 0.250. The molecule has 0 radical (unpaired) electrons. The van der Waals surface area contributed by atoms with E-state index in [0.717, 1.165) is 29.7 Å². The van der Waals surface area contributed by atoms with E-state index >= 15 is 0 Å². The summed E-state index contributed by atoms with van der Waals surface area (Å²) >= 11 is 5.99. The van der Waals surface area contributed by atoms with Crippen LogP contribution in [0.2, 0.25) is 5.02 Å². The minimum atomic E-state index is 0.103. The van der Waals surface area contributed by atoms with Gasteiger partial charge >= 0.3 is 0 Å². The minimum Gasteiger partial charge on any atom is -0.494 e. The van der Waals surface area contributed by atoms with E-state index in [2.05, 4.69) is 27.0 Å². The van der Waals surface area contributed by atoms with Crippen molar-refractivity contribution in [2.45, 2.75) is 19.3 Å². The van der Waals surface area contributed by atoms with Gasteiger partial charge in [-0.05, 0) is 55.7 Å². The summed E-state index contributed by atoms with van der Waals surface area (Å²) in [6.07, 6.45) is 5.56. The highest BCUT2D eigenvalue weighted by Crippen LogP contribution is 2.29. The summed E-state index contributed by atoms with van der Waals surface area (Å²) in [5.74, 6) is 0.103. The number of aromatic amines is 1. The van der Waals surface area contributed by atoms with Gasteiger partial charge in [0.2, 0.25) is 0 Å². The molecule has 4 nitrogen and oxygen atoms in total. The van der Waals surface area contributed by atoms with E-state index in [1.54, 1.807) is 12.3 Å². The molecule has 0 atom stereocenters. The monoisotopic (exact) mass is 353 g/mol. The van der Waals surface area contributed by atoms with Crippen molar-refractivity contribution in [1.29, 1.82) is 0 Å². The highest BCUT2D eigenvalue weighted by molar-refractivity contribution is 6.31. The number of anilines is 1. The third-order valence-corrected chi connectivity index (χ3v) is 4.93. The van der Waals surface area contributed by atoms with Gasteiger partial charge < -0.3 is 15.0 Å². The van der Waals surface area contributed by atoms with Gasteiger partial charge in [0, 0.05) is 35.4 Å². The molecule has 4 rings (SSSR count). The number of aliphatic imine (C=N–C) groups is 1. The third kappa shape index (κ3) is 3.35. The molecule has 0 amide bonds. The summed E-state index contributed by atoms with van der Waals surface area (Å²) in [6.45, 7) is 2.27. The minimum absolute atomic E-state index is 0.103. The molecule has 2 aromatic carbocycles. The molecule has 5 heteroatoms. The Morgan fingerprint density at radius 3 is 2.56 bits per heavy atom. The lowest BCUT2D eigenvalue weighted by molar-refractivity contribution is 0.457. The van der Waals surface area contributed by atoms with Gasteiger partial charge in [0.25, 0.3) is 0 Å². The van der Waals surface area contributed by atoms with Crippen LogP contribution in [0.15, 0.2) is 47.5 Å². The maximum Gasteiger partial charge on any atom is 0.198 e. The summed E-state index contributed by atoms with van der Waals surface area (Å²) in [5, 5.41) is 11.6. The average molecular weight is 354 g/mol. The molecule has 25 heavy (non-hydrogen) atoms. The summed E-state index contributed by atoms with van der Waals surface area (Å²) in [5.41, 5.74) is 3.59. The lowest BCUT2D eigenvalue weighted by Gasteiger charge is -2.28. The summed E-state index contributed by atoms with van der Waals surface area (Å²) in [4.78, 5) is 9.86. The number of fused-ring (bicyclic) bond motifs is 1. The van der Waals surface area contributed by atoms with Crippen LogP contribution in [0.4, 0.5) is 11.4 Å².